The summed E-state index contributed by atoms with van der Waals surface area (Å²) in [5.74, 6) is -0.863. The maximum atomic E-state index is 12.1. The fraction of sp³-hybridized carbons (Fsp3) is 0.385. The van der Waals surface area contributed by atoms with E-state index in [0.29, 0.717) is 3.92 Å². The maximum absolute atomic E-state index is 12.1. The maximum Gasteiger partial charge on any atom is 0.341 e. The van der Waals surface area contributed by atoms with Crippen molar-refractivity contribution in [2.75, 3.05) is 0 Å². The second-order valence-electron chi connectivity index (χ2n) is 5.56. The van der Waals surface area contributed by atoms with Crippen molar-refractivity contribution >= 4 is 53.6 Å². The van der Waals surface area contributed by atoms with Gasteiger partial charge in [-0.05, 0) is 39.0 Å². The highest BCUT2D eigenvalue weighted by atomic mass is 79.9. The minimum atomic E-state index is -4.11. The number of halogens is 1. The Labute approximate surface area is 135 Å². The third kappa shape index (κ3) is 3.44. The smallest absolute Gasteiger partial charge is 0.341 e. The van der Waals surface area contributed by atoms with Crippen LogP contribution >= 0.6 is 27.3 Å². The van der Waals surface area contributed by atoms with Crippen LogP contribution in [0.15, 0.2) is 20.9 Å². The summed E-state index contributed by atoms with van der Waals surface area (Å²) in [6, 6.07) is 3.00. The Morgan fingerprint density at radius 1 is 1.33 bits per heavy atom. The molecule has 0 saturated heterocycles. The molecule has 1 heterocycles. The predicted octanol–water partition coefficient (Wildman–Crippen LogP) is 3.61. The van der Waals surface area contributed by atoms with Crippen molar-refractivity contribution in [1.29, 1.82) is 0 Å². The lowest BCUT2D eigenvalue weighted by atomic mass is 9.86. The molecule has 0 spiro atoms. The Hall–Kier alpha value is -0.990. The Balaban J connectivity index is 2.76. The van der Waals surface area contributed by atoms with E-state index >= 15 is 0 Å². The van der Waals surface area contributed by atoms with Crippen molar-refractivity contribution in [2.45, 2.75) is 38.0 Å². The SMILES string of the molecule is CC(=O)OS(=O)(=O)c1cc(C(C)(C)C)c2nc(Br)sc2c1. The van der Waals surface area contributed by atoms with Crippen molar-refractivity contribution in [2.24, 2.45) is 0 Å². The van der Waals surface area contributed by atoms with Crippen LogP contribution in [0.4, 0.5) is 0 Å². The summed E-state index contributed by atoms with van der Waals surface area (Å²) in [6.07, 6.45) is 0. The lowest BCUT2D eigenvalue weighted by Crippen LogP contribution is -2.15. The molecule has 114 valence electrons. The highest BCUT2D eigenvalue weighted by molar-refractivity contribution is 9.11. The van der Waals surface area contributed by atoms with E-state index in [4.69, 9.17) is 0 Å². The summed E-state index contributed by atoms with van der Waals surface area (Å²) in [6.45, 7) is 6.97. The van der Waals surface area contributed by atoms with Crippen LogP contribution in [0, 0.1) is 0 Å². The van der Waals surface area contributed by atoms with Crippen LogP contribution in [0.2, 0.25) is 0 Å². The Kier molecular flexibility index (Phi) is 4.16. The van der Waals surface area contributed by atoms with Gasteiger partial charge >= 0.3 is 16.1 Å². The van der Waals surface area contributed by atoms with Crippen LogP contribution in [-0.4, -0.2) is 19.4 Å². The van der Waals surface area contributed by atoms with Crippen molar-refractivity contribution in [1.82, 2.24) is 4.98 Å². The summed E-state index contributed by atoms with van der Waals surface area (Å²) in [4.78, 5) is 15.3. The summed E-state index contributed by atoms with van der Waals surface area (Å²) >= 11 is 4.65. The zero-order chi connectivity index (χ0) is 16.0. The van der Waals surface area contributed by atoms with E-state index in [9.17, 15) is 13.2 Å². The normalized spacial score (nSPS) is 12.6. The monoisotopic (exact) mass is 391 g/mol. The van der Waals surface area contributed by atoms with Gasteiger partial charge in [-0.15, -0.1) is 11.3 Å². The van der Waals surface area contributed by atoms with Crippen LogP contribution in [0.3, 0.4) is 0 Å². The molecule has 21 heavy (non-hydrogen) atoms. The number of hydrogen-bond acceptors (Lipinski definition) is 6. The Morgan fingerprint density at radius 3 is 2.48 bits per heavy atom. The van der Waals surface area contributed by atoms with Crippen molar-refractivity contribution in [3.8, 4) is 0 Å². The molecule has 0 N–H and O–H groups in total. The van der Waals surface area contributed by atoms with E-state index in [1.165, 1.54) is 23.5 Å². The molecule has 2 aromatic rings. The van der Waals surface area contributed by atoms with Gasteiger partial charge in [0.2, 0.25) is 0 Å². The van der Waals surface area contributed by atoms with Crippen molar-refractivity contribution < 1.29 is 17.4 Å². The number of hydrogen-bond donors (Lipinski definition) is 0. The molecule has 1 aromatic carbocycles. The predicted molar refractivity (Wildman–Crippen MR) is 85.0 cm³/mol. The molecular weight excluding hydrogens is 378 g/mol. The molecule has 0 radical (unpaired) electrons. The highest BCUT2D eigenvalue weighted by Gasteiger charge is 2.26. The molecule has 0 unspecified atom stereocenters. The van der Waals surface area contributed by atoms with Crippen LogP contribution in [0.1, 0.15) is 33.3 Å². The molecule has 8 heteroatoms. The lowest BCUT2D eigenvalue weighted by Gasteiger charge is -2.20. The van der Waals surface area contributed by atoms with Crippen LogP contribution in [0.25, 0.3) is 10.2 Å². The largest absolute Gasteiger partial charge is 0.343 e. The first-order valence-corrected chi connectivity index (χ1v) is 9.08. The lowest BCUT2D eigenvalue weighted by molar-refractivity contribution is -0.131. The molecule has 0 saturated carbocycles. The fourth-order valence-corrected chi connectivity index (χ4v) is 4.36. The molecule has 0 bridgehead atoms. The molecule has 2 rings (SSSR count). The first-order valence-electron chi connectivity index (χ1n) is 6.06. The number of benzene rings is 1. The molecule has 0 atom stereocenters. The van der Waals surface area contributed by atoms with Crippen LogP contribution in [-0.2, 0) is 24.5 Å². The zero-order valence-corrected chi connectivity index (χ0v) is 15.1. The molecule has 0 aliphatic carbocycles. The molecule has 5 nitrogen and oxygen atoms in total. The topological polar surface area (TPSA) is 73.3 Å². The number of aromatic nitrogens is 1. The Morgan fingerprint density at radius 2 is 1.95 bits per heavy atom. The molecule has 1 aromatic heterocycles. The summed E-state index contributed by atoms with van der Waals surface area (Å²) in [5, 5.41) is 0. The second-order valence-corrected chi connectivity index (χ2v) is 9.42. The number of thiazole rings is 1. The van der Waals surface area contributed by atoms with Crippen molar-refractivity contribution in [3.05, 3.63) is 21.6 Å². The van der Waals surface area contributed by atoms with Gasteiger partial charge in [-0.25, -0.2) is 4.98 Å². The quantitative estimate of drug-likeness (QED) is 0.730. The summed E-state index contributed by atoms with van der Waals surface area (Å²) < 4.78 is 30.0. The Bertz CT molecular complexity index is 819. The van der Waals surface area contributed by atoms with Gasteiger partial charge in [-0.3, -0.25) is 4.79 Å². The summed E-state index contributed by atoms with van der Waals surface area (Å²) in [7, 11) is -4.11. The van der Waals surface area contributed by atoms with Gasteiger partial charge in [-0.2, -0.15) is 8.42 Å². The van der Waals surface area contributed by atoms with E-state index in [1.54, 1.807) is 0 Å². The van der Waals surface area contributed by atoms with Crippen molar-refractivity contribution in [3.63, 3.8) is 0 Å². The molecular formula is C13H14BrNO4S2. The van der Waals surface area contributed by atoms with E-state index in [-0.39, 0.29) is 10.3 Å². The zero-order valence-electron chi connectivity index (χ0n) is 11.9. The van der Waals surface area contributed by atoms with E-state index in [1.807, 2.05) is 20.8 Å². The van der Waals surface area contributed by atoms with E-state index < -0.39 is 16.1 Å². The number of carbonyl (C=O) groups is 1. The molecule has 0 aliphatic heterocycles. The molecule has 0 amide bonds. The first kappa shape index (κ1) is 16.4. The van der Waals surface area contributed by atoms with E-state index in [2.05, 4.69) is 25.1 Å². The number of rotatable bonds is 2. The molecule has 0 fully saturated rings. The van der Waals surface area contributed by atoms with Gasteiger partial charge in [0, 0.05) is 6.92 Å². The van der Waals surface area contributed by atoms with Gasteiger partial charge in [0.1, 0.15) is 4.90 Å². The second kappa shape index (κ2) is 5.33. The number of carbonyl (C=O) groups excluding carboxylic acids is 1. The number of fused-ring (bicyclic) bond motifs is 1. The fourth-order valence-electron chi connectivity index (χ4n) is 1.90. The van der Waals surface area contributed by atoms with Gasteiger partial charge in [-0.1, -0.05) is 20.8 Å². The standard InChI is InChI=1S/C13H14BrNO4S2/c1-7(16)19-21(17,18)8-5-9(13(2,3)4)11-10(6-8)20-12(14)15-11/h5-6H,1-4H3. The van der Waals surface area contributed by atoms with Gasteiger partial charge in [0.05, 0.1) is 10.2 Å². The third-order valence-electron chi connectivity index (χ3n) is 2.77. The summed E-state index contributed by atoms with van der Waals surface area (Å²) in [5.41, 5.74) is 1.24. The van der Waals surface area contributed by atoms with Gasteiger partial charge < -0.3 is 4.18 Å². The average Bonchev–Trinajstić information content (AvgIpc) is 2.64. The van der Waals surface area contributed by atoms with E-state index in [0.717, 1.165) is 22.7 Å². The van der Waals surface area contributed by atoms with Gasteiger partial charge in [0.25, 0.3) is 0 Å². The third-order valence-corrected chi connectivity index (χ3v) is 5.49. The van der Waals surface area contributed by atoms with Crippen LogP contribution < -0.4 is 0 Å². The average molecular weight is 392 g/mol. The highest BCUT2D eigenvalue weighted by Crippen LogP contribution is 2.36. The first-order chi connectivity index (χ1) is 9.50. The minimum Gasteiger partial charge on any atom is -0.343 e. The van der Waals surface area contributed by atoms with Gasteiger partial charge in [0.15, 0.2) is 3.92 Å². The number of nitrogens with zero attached hydrogens (tertiary/aromatic N) is 1. The minimum absolute atomic E-state index is 0.0359. The van der Waals surface area contributed by atoms with Crippen LogP contribution in [0.5, 0.6) is 0 Å². The molecule has 0 aliphatic rings.